The van der Waals surface area contributed by atoms with E-state index in [0.717, 1.165) is 25.9 Å². The second kappa shape index (κ2) is 5.35. The van der Waals surface area contributed by atoms with E-state index >= 15 is 0 Å². The number of carbonyl (C=O) groups excluding carboxylic acids is 1. The standard InChI is InChI=1S/C11H21NO2/c1-9(2)6-11(14)12-5-3-4-10(7-12)8-13/h9-10,13H,3-8H2,1-2H3/t10-/m0/s1. The molecule has 1 saturated heterocycles. The summed E-state index contributed by atoms with van der Waals surface area (Å²) in [5.74, 6) is 0.981. The first kappa shape index (κ1) is 11.5. The van der Waals surface area contributed by atoms with Crippen molar-refractivity contribution in [2.75, 3.05) is 19.7 Å². The summed E-state index contributed by atoms with van der Waals surface area (Å²) < 4.78 is 0. The molecule has 82 valence electrons. The monoisotopic (exact) mass is 199 g/mol. The molecule has 1 fully saturated rings. The van der Waals surface area contributed by atoms with Crippen LogP contribution in [-0.4, -0.2) is 35.6 Å². The van der Waals surface area contributed by atoms with Gasteiger partial charge >= 0.3 is 0 Å². The van der Waals surface area contributed by atoms with Crippen LogP contribution in [0.1, 0.15) is 33.1 Å². The molecule has 0 aromatic heterocycles. The molecular formula is C11H21NO2. The molecule has 0 aliphatic carbocycles. The molecule has 0 unspecified atom stereocenters. The van der Waals surface area contributed by atoms with Gasteiger partial charge in [0.15, 0.2) is 0 Å². The van der Waals surface area contributed by atoms with Crippen LogP contribution in [0.5, 0.6) is 0 Å². The molecule has 0 spiro atoms. The fourth-order valence-corrected chi connectivity index (χ4v) is 1.92. The Morgan fingerprint density at radius 3 is 2.86 bits per heavy atom. The summed E-state index contributed by atoms with van der Waals surface area (Å²) in [7, 11) is 0. The van der Waals surface area contributed by atoms with Gasteiger partial charge in [0.05, 0.1) is 0 Å². The normalized spacial score (nSPS) is 22.9. The minimum Gasteiger partial charge on any atom is -0.396 e. The molecule has 1 N–H and O–H groups in total. The lowest BCUT2D eigenvalue weighted by Crippen LogP contribution is -2.41. The summed E-state index contributed by atoms with van der Waals surface area (Å²) in [4.78, 5) is 13.6. The number of amides is 1. The minimum atomic E-state index is 0.214. The lowest BCUT2D eigenvalue weighted by Gasteiger charge is -2.32. The third-order valence-electron chi connectivity index (χ3n) is 2.71. The molecule has 1 heterocycles. The number of likely N-dealkylation sites (tertiary alicyclic amines) is 1. The number of aliphatic hydroxyl groups excluding tert-OH is 1. The average Bonchev–Trinajstić information content (AvgIpc) is 2.17. The van der Waals surface area contributed by atoms with Crippen LogP contribution >= 0.6 is 0 Å². The smallest absolute Gasteiger partial charge is 0.222 e. The first-order valence-electron chi connectivity index (χ1n) is 5.52. The van der Waals surface area contributed by atoms with Crippen LogP contribution in [0.3, 0.4) is 0 Å². The number of nitrogens with zero attached hydrogens (tertiary/aromatic N) is 1. The Kier molecular flexibility index (Phi) is 4.39. The van der Waals surface area contributed by atoms with Crippen LogP contribution in [0.25, 0.3) is 0 Å². The first-order chi connectivity index (χ1) is 6.63. The van der Waals surface area contributed by atoms with E-state index in [1.807, 2.05) is 4.90 Å². The van der Waals surface area contributed by atoms with Gasteiger partial charge in [0.2, 0.25) is 5.91 Å². The highest BCUT2D eigenvalue weighted by atomic mass is 16.3. The van der Waals surface area contributed by atoms with Crippen molar-refractivity contribution in [3.8, 4) is 0 Å². The van der Waals surface area contributed by atoms with Gasteiger partial charge in [-0.1, -0.05) is 13.8 Å². The molecule has 0 bridgehead atoms. The summed E-state index contributed by atoms with van der Waals surface area (Å²) >= 11 is 0. The van der Waals surface area contributed by atoms with Crippen LogP contribution in [0.15, 0.2) is 0 Å². The third-order valence-corrected chi connectivity index (χ3v) is 2.71. The van der Waals surface area contributed by atoms with Crippen molar-refractivity contribution in [3.63, 3.8) is 0 Å². The molecule has 0 radical (unpaired) electrons. The second-order valence-electron chi connectivity index (χ2n) is 4.63. The fourth-order valence-electron chi connectivity index (χ4n) is 1.92. The van der Waals surface area contributed by atoms with Gasteiger partial charge in [0.25, 0.3) is 0 Å². The van der Waals surface area contributed by atoms with Gasteiger partial charge in [-0.2, -0.15) is 0 Å². The Hall–Kier alpha value is -0.570. The Morgan fingerprint density at radius 2 is 2.29 bits per heavy atom. The van der Waals surface area contributed by atoms with Crippen molar-refractivity contribution in [1.82, 2.24) is 4.90 Å². The summed E-state index contributed by atoms with van der Waals surface area (Å²) in [5.41, 5.74) is 0. The van der Waals surface area contributed by atoms with Crippen molar-refractivity contribution < 1.29 is 9.90 Å². The van der Waals surface area contributed by atoms with Gasteiger partial charge in [-0.15, -0.1) is 0 Å². The maximum atomic E-state index is 11.7. The van der Waals surface area contributed by atoms with E-state index in [-0.39, 0.29) is 12.5 Å². The lowest BCUT2D eigenvalue weighted by atomic mass is 9.98. The van der Waals surface area contributed by atoms with E-state index in [9.17, 15) is 4.79 Å². The summed E-state index contributed by atoms with van der Waals surface area (Å²) in [6.07, 6.45) is 2.73. The molecule has 14 heavy (non-hydrogen) atoms. The molecule has 1 amide bonds. The average molecular weight is 199 g/mol. The van der Waals surface area contributed by atoms with Crippen LogP contribution < -0.4 is 0 Å². The second-order valence-corrected chi connectivity index (χ2v) is 4.63. The highest BCUT2D eigenvalue weighted by molar-refractivity contribution is 5.76. The maximum Gasteiger partial charge on any atom is 0.222 e. The molecule has 0 aromatic carbocycles. The van der Waals surface area contributed by atoms with Gasteiger partial charge in [0, 0.05) is 26.1 Å². The number of hydrogen-bond donors (Lipinski definition) is 1. The predicted molar refractivity (Wildman–Crippen MR) is 55.8 cm³/mol. The minimum absolute atomic E-state index is 0.214. The van der Waals surface area contributed by atoms with Gasteiger partial charge in [0.1, 0.15) is 0 Å². The Balaban J connectivity index is 2.39. The fraction of sp³-hybridized carbons (Fsp3) is 0.909. The Bertz CT molecular complexity index is 192. The molecule has 1 atom stereocenters. The molecule has 3 nitrogen and oxygen atoms in total. The Morgan fingerprint density at radius 1 is 1.57 bits per heavy atom. The van der Waals surface area contributed by atoms with E-state index in [4.69, 9.17) is 5.11 Å². The predicted octanol–water partition coefficient (Wildman–Crippen LogP) is 1.26. The number of rotatable bonds is 3. The van der Waals surface area contributed by atoms with E-state index in [1.165, 1.54) is 0 Å². The quantitative estimate of drug-likeness (QED) is 0.743. The molecule has 0 saturated carbocycles. The van der Waals surface area contributed by atoms with Crippen molar-refractivity contribution in [3.05, 3.63) is 0 Å². The topological polar surface area (TPSA) is 40.5 Å². The van der Waals surface area contributed by atoms with Crippen molar-refractivity contribution >= 4 is 5.91 Å². The SMILES string of the molecule is CC(C)CC(=O)N1CCC[C@H](CO)C1. The van der Waals surface area contributed by atoms with Gasteiger partial charge < -0.3 is 10.0 Å². The molecule has 3 heteroatoms. The maximum absolute atomic E-state index is 11.7. The van der Waals surface area contributed by atoms with Crippen LogP contribution in [-0.2, 0) is 4.79 Å². The van der Waals surface area contributed by atoms with E-state index in [0.29, 0.717) is 18.3 Å². The van der Waals surface area contributed by atoms with Gasteiger partial charge in [-0.25, -0.2) is 0 Å². The summed E-state index contributed by atoms with van der Waals surface area (Å²) in [6.45, 7) is 5.96. The van der Waals surface area contributed by atoms with Crippen molar-refractivity contribution in [2.24, 2.45) is 11.8 Å². The molecule has 0 aromatic rings. The summed E-state index contributed by atoms with van der Waals surface area (Å²) in [5, 5.41) is 9.03. The zero-order chi connectivity index (χ0) is 10.6. The largest absolute Gasteiger partial charge is 0.396 e. The number of piperidine rings is 1. The van der Waals surface area contributed by atoms with Crippen LogP contribution in [0.2, 0.25) is 0 Å². The van der Waals surface area contributed by atoms with Gasteiger partial charge in [-0.05, 0) is 24.7 Å². The van der Waals surface area contributed by atoms with E-state index in [2.05, 4.69) is 13.8 Å². The summed E-state index contributed by atoms with van der Waals surface area (Å²) in [6, 6.07) is 0. The number of aliphatic hydroxyl groups is 1. The van der Waals surface area contributed by atoms with Crippen LogP contribution in [0.4, 0.5) is 0 Å². The number of hydrogen-bond acceptors (Lipinski definition) is 2. The van der Waals surface area contributed by atoms with Crippen LogP contribution in [0, 0.1) is 11.8 Å². The highest BCUT2D eigenvalue weighted by Gasteiger charge is 2.23. The highest BCUT2D eigenvalue weighted by Crippen LogP contribution is 2.17. The zero-order valence-electron chi connectivity index (χ0n) is 9.20. The van der Waals surface area contributed by atoms with Crippen molar-refractivity contribution in [1.29, 1.82) is 0 Å². The lowest BCUT2D eigenvalue weighted by molar-refractivity contribution is -0.134. The van der Waals surface area contributed by atoms with E-state index < -0.39 is 0 Å². The Labute approximate surface area is 86.1 Å². The molecule has 1 rings (SSSR count). The third kappa shape index (κ3) is 3.29. The zero-order valence-corrected chi connectivity index (χ0v) is 9.20. The first-order valence-corrected chi connectivity index (χ1v) is 5.52. The molecule has 1 aliphatic heterocycles. The molecule has 1 aliphatic rings. The number of carbonyl (C=O) groups is 1. The van der Waals surface area contributed by atoms with E-state index in [1.54, 1.807) is 0 Å². The van der Waals surface area contributed by atoms with Crippen molar-refractivity contribution in [2.45, 2.75) is 33.1 Å². The molecular weight excluding hydrogens is 178 g/mol. The van der Waals surface area contributed by atoms with Gasteiger partial charge in [-0.3, -0.25) is 4.79 Å².